The maximum Gasteiger partial charge on any atom is 0.328 e. The van der Waals surface area contributed by atoms with Gasteiger partial charge < -0.3 is 37.6 Å². The molecule has 0 saturated carbocycles. The fourth-order valence-corrected chi connectivity index (χ4v) is 2.88. The summed E-state index contributed by atoms with van der Waals surface area (Å²) in [7, 11) is 0. The largest absolute Gasteiger partial charge is 0.480 e. The van der Waals surface area contributed by atoms with Gasteiger partial charge in [0.1, 0.15) is 18.1 Å². The summed E-state index contributed by atoms with van der Waals surface area (Å²) in [5.74, 6) is -4.01. The fourth-order valence-electron chi connectivity index (χ4n) is 2.13. The minimum Gasteiger partial charge on any atom is -0.480 e. The first-order chi connectivity index (χ1) is 14.1. The summed E-state index contributed by atoms with van der Waals surface area (Å²) < 4.78 is 0. The van der Waals surface area contributed by atoms with Crippen LogP contribution in [0.2, 0.25) is 0 Å². The van der Waals surface area contributed by atoms with Gasteiger partial charge in [-0.05, 0) is 24.9 Å². The molecule has 0 aliphatic rings. The first-order valence-corrected chi connectivity index (χ1v) is 11.0. The highest BCUT2D eigenvalue weighted by atomic mass is 32.2. The zero-order valence-corrected chi connectivity index (χ0v) is 18.2. The van der Waals surface area contributed by atoms with E-state index < -0.39 is 60.4 Å². The van der Waals surface area contributed by atoms with Gasteiger partial charge in [-0.15, -0.1) is 0 Å². The van der Waals surface area contributed by atoms with Gasteiger partial charge in [-0.25, -0.2) is 4.79 Å². The first kappa shape index (κ1) is 28.0. The van der Waals surface area contributed by atoms with Crippen LogP contribution >= 0.6 is 24.4 Å². The van der Waals surface area contributed by atoms with Crippen LogP contribution in [0, 0.1) is 0 Å². The Bertz CT molecular complexity index is 623. The van der Waals surface area contributed by atoms with Crippen LogP contribution in [0.5, 0.6) is 0 Å². The monoisotopic (exact) mass is 467 g/mol. The summed E-state index contributed by atoms with van der Waals surface area (Å²) in [5.41, 5.74) is 10.9. The Morgan fingerprint density at radius 1 is 0.967 bits per heavy atom. The predicted octanol–water partition coefficient (Wildman–Crippen LogP) is -3.21. The molecule has 4 atom stereocenters. The van der Waals surface area contributed by atoms with Crippen molar-refractivity contribution in [1.29, 1.82) is 0 Å². The van der Waals surface area contributed by atoms with Gasteiger partial charge in [0.15, 0.2) is 0 Å². The van der Waals surface area contributed by atoms with Crippen LogP contribution in [-0.4, -0.2) is 88.3 Å². The third kappa shape index (κ3) is 10.7. The van der Waals surface area contributed by atoms with E-state index in [1.54, 1.807) is 0 Å². The van der Waals surface area contributed by atoms with Gasteiger partial charge in [0.25, 0.3) is 0 Å². The highest BCUT2D eigenvalue weighted by Gasteiger charge is 2.29. The molecule has 9 N–H and O–H groups in total. The SMILES string of the molecule is CSCCC(N)C(=O)NC(CCC(N)=O)C(=O)NC(CS)C(=O)NC(CO)C(=O)O. The number of rotatable bonds is 15. The molecule has 0 fully saturated rings. The third-order valence-corrected chi connectivity index (χ3v) is 4.90. The molecule has 4 unspecified atom stereocenters. The van der Waals surface area contributed by atoms with E-state index in [1.807, 2.05) is 6.26 Å². The topological polar surface area (TPSA) is 214 Å². The highest BCUT2D eigenvalue weighted by molar-refractivity contribution is 7.98. The lowest BCUT2D eigenvalue weighted by molar-refractivity contribution is -0.143. The van der Waals surface area contributed by atoms with Crippen LogP contribution in [0.15, 0.2) is 0 Å². The molecule has 30 heavy (non-hydrogen) atoms. The number of carboxylic acid groups (broad SMARTS) is 1. The lowest BCUT2D eigenvalue weighted by Gasteiger charge is -2.24. The number of hydrogen-bond donors (Lipinski definition) is 8. The molecule has 0 radical (unpaired) electrons. The Balaban J connectivity index is 5.17. The second-order valence-corrected chi connectivity index (χ2v) is 7.63. The second-order valence-electron chi connectivity index (χ2n) is 6.28. The maximum atomic E-state index is 12.6. The van der Waals surface area contributed by atoms with E-state index in [0.717, 1.165) is 0 Å². The number of primary amides is 1. The van der Waals surface area contributed by atoms with Crippen LogP contribution in [0.3, 0.4) is 0 Å². The van der Waals surface area contributed by atoms with Crippen molar-refractivity contribution in [3.63, 3.8) is 0 Å². The van der Waals surface area contributed by atoms with E-state index in [9.17, 15) is 24.0 Å². The molecule has 172 valence electrons. The minimum absolute atomic E-state index is 0.128. The standard InChI is InChI=1S/C16H29N5O7S2/c1-30-5-4-8(17)13(24)19-9(2-3-12(18)23)14(25)21-11(7-29)15(26)20-10(6-22)16(27)28/h8-11,22,29H,2-7,17H2,1H3,(H2,18,23)(H,19,24)(H,20,26)(H,21,25)(H,27,28). The normalized spacial score (nSPS) is 14.7. The zero-order chi connectivity index (χ0) is 23.3. The van der Waals surface area contributed by atoms with Crippen molar-refractivity contribution < 1.29 is 34.2 Å². The van der Waals surface area contributed by atoms with Crippen LogP contribution in [-0.2, 0) is 24.0 Å². The maximum absolute atomic E-state index is 12.6. The second kappa shape index (κ2) is 14.9. The quantitative estimate of drug-likeness (QED) is 0.114. The number of thiol groups is 1. The van der Waals surface area contributed by atoms with Gasteiger partial charge in [-0.1, -0.05) is 0 Å². The van der Waals surface area contributed by atoms with Crippen molar-refractivity contribution in [2.75, 3.05) is 24.4 Å². The molecule has 0 aliphatic carbocycles. The van der Waals surface area contributed by atoms with Gasteiger partial charge in [0.05, 0.1) is 12.6 Å². The zero-order valence-electron chi connectivity index (χ0n) is 16.5. The van der Waals surface area contributed by atoms with Crippen molar-refractivity contribution in [2.24, 2.45) is 11.5 Å². The average Bonchev–Trinajstić information content (AvgIpc) is 2.70. The molecule has 0 aromatic rings. The summed E-state index contributed by atoms with van der Waals surface area (Å²) >= 11 is 5.45. The number of nitrogens with two attached hydrogens (primary N) is 2. The Hall–Kier alpha value is -2.03. The first-order valence-electron chi connectivity index (χ1n) is 8.95. The van der Waals surface area contributed by atoms with Crippen LogP contribution < -0.4 is 27.4 Å². The van der Waals surface area contributed by atoms with Crippen LogP contribution in [0.1, 0.15) is 19.3 Å². The van der Waals surface area contributed by atoms with Gasteiger partial charge in [0.2, 0.25) is 23.6 Å². The molecule has 0 aromatic heterocycles. The molecule has 0 aromatic carbocycles. The summed E-state index contributed by atoms with van der Waals surface area (Å²) in [6, 6.07) is -4.89. The Kier molecular flexibility index (Phi) is 13.9. The molecule has 14 heteroatoms. The third-order valence-electron chi connectivity index (χ3n) is 3.89. The van der Waals surface area contributed by atoms with Crippen LogP contribution in [0.4, 0.5) is 0 Å². The molecular formula is C16H29N5O7S2. The van der Waals surface area contributed by atoms with E-state index in [-0.39, 0.29) is 18.6 Å². The molecular weight excluding hydrogens is 438 g/mol. The number of carbonyl (C=O) groups excluding carboxylic acids is 4. The number of aliphatic carboxylic acids is 1. The average molecular weight is 468 g/mol. The summed E-state index contributed by atoms with van der Waals surface area (Å²) in [6.45, 7) is -0.848. The van der Waals surface area contributed by atoms with E-state index in [0.29, 0.717) is 12.2 Å². The molecule has 0 rings (SSSR count). The summed E-state index contributed by atoms with van der Waals surface area (Å²) in [5, 5.41) is 24.7. The van der Waals surface area contributed by atoms with E-state index in [4.69, 9.17) is 21.7 Å². The van der Waals surface area contributed by atoms with Crippen molar-refractivity contribution in [2.45, 2.75) is 43.4 Å². The smallest absolute Gasteiger partial charge is 0.328 e. The summed E-state index contributed by atoms with van der Waals surface area (Å²) in [4.78, 5) is 59.0. The Morgan fingerprint density at radius 2 is 1.50 bits per heavy atom. The van der Waals surface area contributed by atoms with Gasteiger partial charge in [-0.3, -0.25) is 19.2 Å². The molecule has 0 bridgehead atoms. The molecule has 12 nitrogen and oxygen atoms in total. The number of carboxylic acids is 1. The number of aliphatic hydroxyl groups is 1. The number of thioether (sulfide) groups is 1. The van der Waals surface area contributed by atoms with Gasteiger partial charge in [-0.2, -0.15) is 24.4 Å². The molecule has 0 aliphatic heterocycles. The Labute approximate surface area is 183 Å². The lowest BCUT2D eigenvalue weighted by atomic mass is 10.1. The number of amides is 4. The summed E-state index contributed by atoms with van der Waals surface area (Å²) in [6.07, 6.45) is 1.89. The van der Waals surface area contributed by atoms with Crippen LogP contribution in [0.25, 0.3) is 0 Å². The predicted molar refractivity (Wildman–Crippen MR) is 114 cm³/mol. The molecule has 4 amide bonds. The van der Waals surface area contributed by atoms with E-state index in [2.05, 4.69) is 28.6 Å². The van der Waals surface area contributed by atoms with Crippen molar-refractivity contribution in [3.05, 3.63) is 0 Å². The number of aliphatic hydroxyl groups excluding tert-OH is 1. The number of hydrogen-bond acceptors (Lipinski definition) is 9. The van der Waals surface area contributed by atoms with E-state index in [1.165, 1.54) is 11.8 Å². The minimum atomic E-state index is -1.56. The molecule has 0 saturated heterocycles. The highest BCUT2D eigenvalue weighted by Crippen LogP contribution is 2.03. The Morgan fingerprint density at radius 3 is 1.97 bits per heavy atom. The molecule has 0 heterocycles. The number of nitrogens with one attached hydrogen (secondary N) is 3. The lowest BCUT2D eigenvalue weighted by Crippen LogP contribution is -2.58. The van der Waals surface area contributed by atoms with Crippen molar-refractivity contribution in [3.8, 4) is 0 Å². The van der Waals surface area contributed by atoms with E-state index >= 15 is 0 Å². The van der Waals surface area contributed by atoms with Crippen molar-refractivity contribution >= 4 is 54.0 Å². The van der Waals surface area contributed by atoms with Gasteiger partial charge >= 0.3 is 5.97 Å². The molecule has 0 spiro atoms. The van der Waals surface area contributed by atoms with Crippen molar-refractivity contribution in [1.82, 2.24) is 16.0 Å². The fraction of sp³-hybridized carbons (Fsp3) is 0.688. The number of carbonyl (C=O) groups is 5. The van der Waals surface area contributed by atoms with Gasteiger partial charge in [0, 0.05) is 12.2 Å².